The predicted octanol–water partition coefficient (Wildman–Crippen LogP) is 4.85. The highest BCUT2D eigenvalue weighted by atomic mass is 35.5. The molecule has 0 aliphatic heterocycles. The van der Waals surface area contributed by atoms with Crippen molar-refractivity contribution in [3.63, 3.8) is 0 Å². The summed E-state index contributed by atoms with van der Waals surface area (Å²) in [4.78, 5) is 12.7. The SMILES string of the molecule is Cc1onc(C(=O)Nc2ccn(Cc3ccccc3F)n2)c1COc1cccc(Cl)c1. The number of halogens is 2. The third-order valence-electron chi connectivity index (χ3n) is 4.55. The van der Waals surface area contributed by atoms with Crippen LogP contribution in [0.2, 0.25) is 5.02 Å². The van der Waals surface area contributed by atoms with Crippen LogP contribution in [0.1, 0.15) is 27.4 Å². The fourth-order valence-corrected chi connectivity index (χ4v) is 3.13. The summed E-state index contributed by atoms with van der Waals surface area (Å²) >= 11 is 5.97. The number of rotatable bonds is 7. The molecule has 1 N–H and O–H groups in total. The number of benzene rings is 2. The molecule has 0 atom stereocenters. The molecule has 0 unspecified atom stereocenters. The van der Waals surface area contributed by atoms with Gasteiger partial charge in [-0.3, -0.25) is 9.48 Å². The van der Waals surface area contributed by atoms with Crippen LogP contribution in [0.3, 0.4) is 0 Å². The molecule has 0 aliphatic rings. The molecule has 2 aromatic carbocycles. The zero-order valence-electron chi connectivity index (χ0n) is 16.5. The van der Waals surface area contributed by atoms with Crippen molar-refractivity contribution < 1.29 is 18.4 Å². The Labute approximate surface area is 182 Å². The van der Waals surface area contributed by atoms with E-state index in [-0.39, 0.29) is 24.7 Å². The molecule has 2 heterocycles. The molecule has 4 rings (SSSR count). The molecular weight excluding hydrogens is 423 g/mol. The molecule has 0 saturated carbocycles. The number of carbonyl (C=O) groups excluding carboxylic acids is 1. The second-order valence-corrected chi connectivity index (χ2v) is 7.19. The van der Waals surface area contributed by atoms with Crippen LogP contribution >= 0.6 is 11.6 Å². The quantitative estimate of drug-likeness (QED) is 0.444. The average Bonchev–Trinajstić information content (AvgIpc) is 3.34. The maximum atomic E-state index is 13.8. The van der Waals surface area contributed by atoms with Crippen LogP contribution in [0.15, 0.2) is 65.3 Å². The van der Waals surface area contributed by atoms with Crippen LogP contribution in [0.25, 0.3) is 0 Å². The molecule has 0 radical (unpaired) electrons. The number of aryl methyl sites for hydroxylation is 1. The van der Waals surface area contributed by atoms with Crippen LogP contribution in [0.4, 0.5) is 10.2 Å². The number of hydrogen-bond acceptors (Lipinski definition) is 5. The lowest BCUT2D eigenvalue weighted by Crippen LogP contribution is -2.16. The summed E-state index contributed by atoms with van der Waals surface area (Å²) in [5.74, 6) is 0.538. The Morgan fingerprint density at radius 3 is 2.87 bits per heavy atom. The first-order valence-corrected chi connectivity index (χ1v) is 9.79. The molecule has 9 heteroatoms. The van der Waals surface area contributed by atoms with Crippen molar-refractivity contribution in [2.45, 2.75) is 20.1 Å². The van der Waals surface area contributed by atoms with Crippen molar-refractivity contribution in [2.24, 2.45) is 0 Å². The number of nitrogens with zero attached hydrogens (tertiary/aromatic N) is 3. The van der Waals surface area contributed by atoms with Gasteiger partial charge >= 0.3 is 0 Å². The third kappa shape index (κ3) is 4.92. The van der Waals surface area contributed by atoms with Crippen molar-refractivity contribution in [1.29, 1.82) is 0 Å². The van der Waals surface area contributed by atoms with Gasteiger partial charge in [-0.1, -0.05) is 41.0 Å². The summed E-state index contributed by atoms with van der Waals surface area (Å²) in [6.45, 7) is 2.02. The van der Waals surface area contributed by atoms with Crippen LogP contribution < -0.4 is 10.1 Å². The summed E-state index contributed by atoms with van der Waals surface area (Å²) < 4.78 is 26.3. The first-order chi connectivity index (χ1) is 15.0. The van der Waals surface area contributed by atoms with Crippen LogP contribution in [0, 0.1) is 12.7 Å². The topological polar surface area (TPSA) is 82.2 Å². The van der Waals surface area contributed by atoms with Gasteiger partial charge in [0, 0.05) is 22.8 Å². The Morgan fingerprint density at radius 1 is 1.23 bits per heavy atom. The molecule has 31 heavy (non-hydrogen) atoms. The first-order valence-electron chi connectivity index (χ1n) is 9.41. The highest BCUT2D eigenvalue weighted by Crippen LogP contribution is 2.21. The number of nitrogens with one attached hydrogen (secondary N) is 1. The van der Waals surface area contributed by atoms with Crippen LogP contribution in [-0.4, -0.2) is 20.8 Å². The average molecular weight is 441 g/mol. The Balaban J connectivity index is 1.43. The van der Waals surface area contributed by atoms with E-state index in [2.05, 4.69) is 15.6 Å². The molecule has 0 bridgehead atoms. The van der Waals surface area contributed by atoms with Gasteiger partial charge in [0.1, 0.15) is 23.9 Å². The molecule has 1 amide bonds. The van der Waals surface area contributed by atoms with Gasteiger partial charge in [0.2, 0.25) is 0 Å². The summed E-state index contributed by atoms with van der Waals surface area (Å²) in [7, 11) is 0. The van der Waals surface area contributed by atoms with E-state index in [0.717, 1.165) is 0 Å². The van der Waals surface area contributed by atoms with E-state index in [0.29, 0.717) is 33.5 Å². The minimum atomic E-state index is -0.488. The second-order valence-electron chi connectivity index (χ2n) is 6.76. The molecular formula is C22H18ClFN4O3. The van der Waals surface area contributed by atoms with E-state index in [9.17, 15) is 9.18 Å². The molecule has 0 aliphatic carbocycles. The normalized spacial score (nSPS) is 10.8. The van der Waals surface area contributed by atoms with Gasteiger partial charge in [-0.05, 0) is 31.2 Å². The minimum absolute atomic E-state index is 0.0835. The third-order valence-corrected chi connectivity index (χ3v) is 4.79. The second kappa shape index (κ2) is 9.01. The lowest BCUT2D eigenvalue weighted by Gasteiger charge is -2.07. The number of aromatic nitrogens is 3. The van der Waals surface area contributed by atoms with E-state index in [1.165, 1.54) is 10.7 Å². The van der Waals surface area contributed by atoms with Gasteiger partial charge < -0.3 is 14.6 Å². The Bertz CT molecular complexity index is 1220. The molecule has 4 aromatic rings. The number of amides is 1. The van der Waals surface area contributed by atoms with E-state index >= 15 is 0 Å². The molecule has 7 nitrogen and oxygen atoms in total. The predicted molar refractivity (Wildman–Crippen MR) is 113 cm³/mol. The Kier molecular flexibility index (Phi) is 5.99. The summed E-state index contributed by atoms with van der Waals surface area (Å²) in [5, 5.41) is 11.3. The highest BCUT2D eigenvalue weighted by Gasteiger charge is 2.21. The van der Waals surface area contributed by atoms with Crippen molar-refractivity contribution in [1.82, 2.24) is 14.9 Å². The maximum absolute atomic E-state index is 13.8. The summed E-state index contributed by atoms with van der Waals surface area (Å²) in [6.07, 6.45) is 1.65. The molecule has 0 spiro atoms. The fourth-order valence-electron chi connectivity index (χ4n) is 2.94. The van der Waals surface area contributed by atoms with Gasteiger partial charge in [-0.25, -0.2) is 4.39 Å². The minimum Gasteiger partial charge on any atom is -0.489 e. The highest BCUT2D eigenvalue weighted by molar-refractivity contribution is 6.30. The van der Waals surface area contributed by atoms with Crippen LogP contribution in [-0.2, 0) is 13.2 Å². The monoisotopic (exact) mass is 440 g/mol. The molecule has 158 valence electrons. The lowest BCUT2D eigenvalue weighted by molar-refractivity contribution is 0.101. The molecule has 2 aromatic heterocycles. The lowest BCUT2D eigenvalue weighted by atomic mass is 10.2. The Morgan fingerprint density at radius 2 is 2.06 bits per heavy atom. The number of carbonyl (C=O) groups is 1. The molecule has 0 saturated heterocycles. The van der Waals surface area contributed by atoms with Crippen molar-refractivity contribution >= 4 is 23.3 Å². The zero-order valence-corrected chi connectivity index (χ0v) is 17.3. The standard InChI is InChI=1S/C22H18ClFN4O3/c1-14-18(13-30-17-7-4-6-16(23)11-17)21(27-31-14)22(29)25-20-9-10-28(26-20)12-15-5-2-3-8-19(15)24/h2-11H,12-13H2,1H3,(H,25,26,29). The van der Waals surface area contributed by atoms with Crippen LogP contribution in [0.5, 0.6) is 5.75 Å². The summed E-state index contributed by atoms with van der Waals surface area (Å²) in [5.41, 5.74) is 1.11. The summed E-state index contributed by atoms with van der Waals surface area (Å²) in [6, 6.07) is 15.0. The number of ether oxygens (including phenoxy) is 1. The van der Waals surface area contributed by atoms with E-state index in [1.807, 2.05) is 0 Å². The maximum Gasteiger partial charge on any atom is 0.279 e. The van der Waals surface area contributed by atoms with Crippen molar-refractivity contribution in [2.75, 3.05) is 5.32 Å². The molecule has 0 fully saturated rings. The first kappa shape index (κ1) is 20.6. The van der Waals surface area contributed by atoms with E-state index in [4.69, 9.17) is 20.9 Å². The van der Waals surface area contributed by atoms with Crippen molar-refractivity contribution in [3.8, 4) is 5.75 Å². The van der Waals surface area contributed by atoms with Gasteiger partial charge in [-0.15, -0.1) is 0 Å². The van der Waals surface area contributed by atoms with Gasteiger partial charge in [0.05, 0.1) is 12.1 Å². The smallest absolute Gasteiger partial charge is 0.279 e. The Hall–Kier alpha value is -3.65. The van der Waals surface area contributed by atoms with Gasteiger partial charge in [0.25, 0.3) is 5.91 Å². The van der Waals surface area contributed by atoms with E-state index < -0.39 is 5.91 Å². The largest absolute Gasteiger partial charge is 0.489 e. The number of anilines is 1. The number of hydrogen-bond donors (Lipinski definition) is 1. The van der Waals surface area contributed by atoms with E-state index in [1.54, 1.807) is 61.7 Å². The fraction of sp³-hybridized carbons (Fsp3) is 0.136. The van der Waals surface area contributed by atoms with Gasteiger partial charge in [0.15, 0.2) is 11.5 Å². The van der Waals surface area contributed by atoms with Crippen molar-refractivity contribution in [3.05, 3.63) is 94.2 Å². The zero-order chi connectivity index (χ0) is 21.8. The van der Waals surface area contributed by atoms with Gasteiger partial charge in [-0.2, -0.15) is 5.10 Å².